The Balaban J connectivity index is 1.06. The Morgan fingerprint density at radius 2 is 0.982 bits per heavy atom. The Hall–Kier alpha value is -6.74. The van der Waals surface area contributed by atoms with E-state index in [1.54, 1.807) is 0 Å². The number of benzene rings is 9. The summed E-state index contributed by atoms with van der Waals surface area (Å²) in [5.41, 5.74) is 15.9. The molecule has 1 aromatic heterocycles. The molecule has 10 aromatic rings. The number of rotatable bonds is 6. The lowest BCUT2D eigenvalue weighted by Crippen LogP contribution is -2.16. The van der Waals surface area contributed by atoms with Crippen molar-refractivity contribution in [1.82, 2.24) is 0 Å². The van der Waals surface area contributed by atoms with Crippen LogP contribution in [0.25, 0.3) is 75.5 Å². The summed E-state index contributed by atoms with van der Waals surface area (Å²) in [6.45, 7) is 4.72. The Labute approximate surface area is 337 Å². The summed E-state index contributed by atoms with van der Waals surface area (Å²) in [6.07, 6.45) is 0. The van der Waals surface area contributed by atoms with Crippen molar-refractivity contribution in [2.75, 3.05) is 4.90 Å². The van der Waals surface area contributed by atoms with Crippen molar-refractivity contribution in [3.05, 3.63) is 211 Å². The van der Waals surface area contributed by atoms with Gasteiger partial charge in [-0.15, -0.1) is 11.3 Å². The summed E-state index contributed by atoms with van der Waals surface area (Å²) in [4.78, 5) is 2.46. The fraction of sp³-hybridized carbons (Fsp3) is 0.0545. The first-order chi connectivity index (χ1) is 28.0. The van der Waals surface area contributed by atoms with Gasteiger partial charge >= 0.3 is 0 Å². The third kappa shape index (κ3) is 5.51. The molecule has 11 rings (SSSR count). The molecule has 0 saturated heterocycles. The maximum Gasteiger partial charge on any atom is 0.0540 e. The minimum absolute atomic E-state index is 0.116. The van der Waals surface area contributed by atoms with Crippen LogP contribution >= 0.6 is 11.3 Å². The molecule has 57 heavy (non-hydrogen) atoms. The highest BCUT2D eigenvalue weighted by atomic mass is 32.1. The lowest BCUT2D eigenvalue weighted by molar-refractivity contribution is 0.660. The van der Waals surface area contributed by atoms with Gasteiger partial charge in [-0.25, -0.2) is 0 Å². The van der Waals surface area contributed by atoms with Gasteiger partial charge in [0.2, 0.25) is 0 Å². The van der Waals surface area contributed by atoms with Gasteiger partial charge in [-0.05, 0) is 109 Å². The normalized spacial score (nSPS) is 12.9. The van der Waals surface area contributed by atoms with Crippen molar-refractivity contribution in [2.45, 2.75) is 19.3 Å². The number of nitrogens with zero attached hydrogens (tertiary/aromatic N) is 1. The van der Waals surface area contributed by atoms with Crippen LogP contribution in [-0.4, -0.2) is 0 Å². The summed E-state index contributed by atoms with van der Waals surface area (Å²) < 4.78 is 2.65. The predicted molar refractivity (Wildman–Crippen MR) is 245 cm³/mol. The van der Waals surface area contributed by atoms with E-state index in [1.807, 2.05) is 11.3 Å². The smallest absolute Gasteiger partial charge is 0.0540 e. The first kappa shape index (κ1) is 33.6. The van der Waals surface area contributed by atoms with Crippen LogP contribution in [0.1, 0.15) is 25.0 Å². The van der Waals surface area contributed by atoms with E-state index < -0.39 is 0 Å². The van der Waals surface area contributed by atoms with Crippen molar-refractivity contribution in [1.29, 1.82) is 0 Å². The average molecular weight is 746 g/mol. The lowest BCUT2D eigenvalue weighted by atomic mass is 9.82. The molecule has 1 aliphatic rings. The van der Waals surface area contributed by atoms with Gasteiger partial charge < -0.3 is 4.90 Å². The largest absolute Gasteiger partial charge is 0.310 e. The van der Waals surface area contributed by atoms with Crippen LogP contribution in [-0.2, 0) is 5.41 Å². The fourth-order valence-electron chi connectivity index (χ4n) is 9.21. The van der Waals surface area contributed by atoms with Crippen molar-refractivity contribution in [2.24, 2.45) is 0 Å². The first-order valence-corrected chi connectivity index (χ1v) is 20.6. The quantitative estimate of drug-likeness (QED) is 0.164. The number of anilines is 3. The van der Waals surface area contributed by atoms with E-state index in [9.17, 15) is 0 Å². The molecule has 1 nitrogen and oxygen atoms in total. The van der Waals surface area contributed by atoms with E-state index in [0.29, 0.717) is 0 Å². The molecule has 2 heteroatoms. The summed E-state index contributed by atoms with van der Waals surface area (Å²) in [5, 5.41) is 5.17. The predicted octanol–water partition coefficient (Wildman–Crippen LogP) is 16.0. The van der Waals surface area contributed by atoms with Gasteiger partial charge in [0.1, 0.15) is 0 Å². The molecule has 0 amide bonds. The molecule has 0 spiro atoms. The van der Waals surface area contributed by atoms with Crippen LogP contribution in [0.2, 0.25) is 0 Å². The van der Waals surface area contributed by atoms with E-state index in [4.69, 9.17) is 0 Å². The molecule has 1 heterocycles. The molecule has 0 fully saturated rings. The summed E-state index contributed by atoms with van der Waals surface area (Å²) in [7, 11) is 0. The van der Waals surface area contributed by atoms with Crippen LogP contribution in [0, 0.1) is 0 Å². The van der Waals surface area contributed by atoms with E-state index in [-0.39, 0.29) is 5.41 Å². The molecule has 270 valence electrons. The minimum Gasteiger partial charge on any atom is -0.310 e. The van der Waals surface area contributed by atoms with Crippen LogP contribution in [0.15, 0.2) is 200 Å². The highest BCUT2D eigenvalue weighted by Crippen LogP contribution is 2.51. The van der Waals surface area contributed by atoms with Crippen LogP contribution < -0.4 is 4.90 Å². The van der Waals surface area contributed by atoms with Gasteiger partial charge in [0.25, 0.3) is 0 Å². The van der Waals surface area contributed by atoms with Crippen LogP contribution in [0.3, 0.4) is 0 Å². The van der Waals surface area contributed by atoms with Gasteiger partial charge in [0.05, 0.1) is 5.69 Å². The van der Waals surface area contributed by atoms with Gasteiger partial charge in [-0.1, -0.05) is 166 Å². The molecule has 0 aliphatic heterocycles. The average Bonchev–Trinajstić information content (AvgIpc) is 3.75. The number of hydrogen-bond donors (Lipinski definition) is 0. The second-order valence-electron chi connectivity index (χ2n) is 15.7. The van der Waals surface area contributed by atoms with Gasteiger partial charge in [-0.2, -0.15) is 0 Å². The highest BCUT2D eigenvalue weighted by Gasteiger charge is 2.36. The minimum atomic E-state index is -0.116. The Morgan fingerprint density at radius 1 is 0.368 bits per heavy atom. The van der Waals surface area contributed by atoms with Gasteiger partial charge in [0.15, 0.2) is 0 Å². The zero-order chi connectivity index (χ0) is 38.1. The summed E-state index contributed by atoms with van der Waals surface area (Å²) in [5.74, 6) is 0. The standard InChI is InChI=1S/C55H39NS/c1-55(2)50-22-8-5-19-46(50)47-32-30-42(35-51(47)55)56(41-28-25-36(26-29-41)38-27-31-49-48-20-7-10-24-53(48)57-54(49)34-38)52-23-9-6-18-45(52)40-16-11-15-39(33-40)44-21-12-14-37-13-3-4-17-43(37)44/h3-35H,1-2H3. The highest BCUT2D eigenvalue weighted by molar-refractivity contribution is 7.25. The molecular formula is C55H39NS. The van der Waals surface area contributed by atoms with E-state index in [2.05, 4.69) is 219 Å². The SMILES string of the molecule is CC1(C)c2ccccc2-c2ccc(N(c3ccc(-c4ccc5c(c4)sc4ccccc45)cc3)c3ccccc3-c3cccc(-c4cccc5ccccc45)c3)cc21. The zero-order valence-corrected chi connectivity index (χ0v) is 32.7. The lowest BCUT2D eigenvalue weighted by Gasteiger charge is -2.30. The van der Waals surface area contributed by atoms with Crippen molar-refractivity contribution in [3.63, 3.8) is 0 Å². The topological polar surface area (TPSA) is 3.24 Å². The fourth-order valence-corrected chi connectivity index (χ4v) is 10.4. The molecule has 1 aliphatic carbocycles. The number of hydrogen-bond acceptors (Lipinski definition) is 2. The molecule has 0 bridgehead atoms. The van der Waals surface area contributed by atoms with E-state index in [0.717, 1.165) is 17.1 Å². The zero-order valence-electron chi connectivity index (χ0n) is 31.9. The van der Waals surface area contributed by atoms with Crippen molar-refractivity contribution < 1.29 is 0 Å². The molecule has 9 aromatic carbocycles. The van der Waals surface area contributed by atoms with Crippen molar-refractivity contribution in [3.8, 4) is 44.5 Å². The second-order valence-corrected chi connectivity index (χ2v) is 16.8. The molecule has 0 unspecified atom stereocenters. The third-order valence-corrected chi connectivity index (χ3v) is 13.2. The Kier molecular flexibility index (Phi) is 7.77. The second kappa shape index (κ2) is 13.2. The molecule has 0 N–H and O–H groups in total. The molecule has 0 radical (unpaired) electrons. The van der Waals surface area contributed by atoms with Gasteiger partial charge in [0, 0.05) is 42.5 Å². The molecule has 0 atom stereocenters. The van der Waals surface area contributed by atoms with E-state index >= 15 is 0 Å². The molecular weight excluding hydrogens is 707 g/mol. The van der Waals surface area contributed by atoms with Gasteiger partial charge in [-0.3, -0.25) is 0 Å². The maximum absolute atomic E-state index is 2.46. The van der Waals surface area contributed by atoms with Crippen LogP contribution in [0.4, 0.5) is 17.1 Å². The number of thiophene rings is 1. The maximum atomic E-state index is 2.46. The van der Waals surface area contributed by atoms with Crippen molar-refractivity contribution >= 4 is 59.3 Å². The van der Waals surface area contributed by atoms with E-state index in [1.165, 1.54) is 86.6 Å². The third-order valence-electron chi connectivity index (χ3n) is 12.1. The first-order valence-electron chi connectivity index (χ1n) is 19.8. The number of fused-ring (bicyclic) bond motifs is 7. The summed E-state index contributed by atoms with van der Waals surface area (Å²) >= 11 is 1.87. The number of para-hydroxylation sites is 1. The Morgan fingerprint density at radius 3 is 1.86 bits per heavy atom. The van der Waals surface area contributed by atoms with Crippen LogP contribution in [0.5, 0.6) is 0 Å². The monoisotopic (exact) mass is 745 g/mol. The summed E-state index contributed by atoms with van der Waals surface area (Å²) in [6, 6.07) is 73.9. The Bertz CT molecular complexity index is 3160. The molecule has 0 saturated carbocycles.